The van der Waals surface area contributed by atoms with Crippen LogP contribution in [0.4, 0.5) is 13.2 Å². The van der Waals surface area contributed by atoms with Gasteiger partial charge in [-0.3, -0.25) is 9.89 Å². The molecule has 1 aliphatic rings. The fourth-order valence-corrected chi connectivity index (χ4v) is 3.31. The molecule has 0 radical (unpaired) electrons. The van der Waals surface area contributed by atoms with Crippen molar-refractivity contribution in [1.82, 2.24) is 15.1 Å². The molecule has 1 aromatic carbocycles. The number of piperazine rings is 1. The summed E-state index contributed by atoms with van der Waals surface area (Å²) in [4.78, 5) is 7.82. The molecule has 2 rings (SSSR count). The van der Waals surface area contributed by atoms with E-state index in [9.17, 15) is 13.2 Å². The Morgan fingerprint density at radius 3 is 2.39 bits per heavy atom. The van der Waals surface area contributed by atoms with Crippen LogP contribution in [0.25, 0.3) is 0 Å². The smallest absolute Gasteiger partial charge is 0.403 e. The summed E-state index contributed by atoms with van der Waals surface area (Å²) in [7, 11) is 3.34. The SMILES string of the molecule is CN=C(NCC(C)(C)c1cccc(OC)c1)N1CCN(C(C)C(F)(F)F)CC1. The van der Waals surface area contributed by atoms with Crippen molar-refractivity contribution < 1.29 is 17.9 Å². The predicted molar refractivity (Wildman–Crippen MR) is 106 cm³/mol. The minimum Gasteiger partial charge on any atom is -0.497 e. The number of ether oxygens (including phenoxy) is 1. The molecule has 1 heterocycles. The maximum atomic E-state index is 12.9. The van der Waals surface area contributed by atoms with Gasteiger partial charge in [-0.05, 0) is 24.6 Å². The van der Waals surface area contributed by atoms with Crippen LogP contribution < -0.4 is 10.1 Å². The fourth-order valence-electron chi connectivity index (χ4n) is 3.31. The molecule has 0 aliphatic carbocycles. The van der Waals surface area contributed by atoms with Gasteiger partial charge in [-0.15, -0.1) is 0 Å². The van der Waals surface area contributed by atoms with Gasteiger partial charge in [0.1, 0.15) is 11.8 Å². The monoisotopic (exact) mass is 400 g/mol. The van der Waals surface area contributed by atoms with Crippen molar-refractivity contribution in [2.24, 2.45) is 4.99 Å². The van der Waals surface area contributed by atoms with E-state index in [0.29, 0.717) is 32.7 Å². The highest BCUT2D eigenvalue weighted by molar-refractivity contribution is 5.80. The molecule has 0 spiro atoms. The number of alkyl halides is 3. The van der Waals surface area contributed by atoms with E-state index < -0.39 is 12.2 Å². The molecule has 5 nitrogen and oxygen atoms in total. The number of methoxy groups -OCH3 is 1. The minimum absolute atomic E-state index is 0.170. The van der Waals surface area contributed by atoms with Gasteiger partial charge in [0.15, 0.2) is 5.96 Å². The van der Waals surface area contributed by atoms with Crippen molar-refractivity contribution in [3.63, 3.8) is 0 Å². The molecule has 1 unspecified atom stereocenters. The zero-order valence-electron chi connectivity index (χ0n) is 17.3. The maximum Gasteiger partial charge on any atom is 0.403 e. The molecule has 1 fully saturated rings. The molecule has 1 aromatic rings. The molecule has 0 bridgehead atoms. The third kappa shape index (κ3) is 5.53. The highest BCUT2D eigenvalue weighted by Gasteiger charge is 2.41. The average Bonchev–Trinajstić information content (AvgIpc) is 2.67. The first-order valence-electron chi connectivity index (χ1n) is 9.49. The van der Waals surface area contributed by atoms with E-state index in [-0.39, 0.29) is 5.41 Å². The molecule has 1 N–H and O–H groups in total. The van der Waals surface area contributed by atoms with Crippen LogP contribution >= 0.6 is 0 Å². The molecule has 0 saturated carbocycles. The highest BCUT2D eigenvalue weighted by atomic mass is 19.4. The summed E-state index contributed by atoms with van der Waals surface area (Å²) in [5, 5.41) is 3.38. The lowest BCUT2D eigenvalue weighted by atomic mass is 9.84. The number of nitrogens with one attached hydrogen (secondary N) is 1. The van der Waals surface area contributed by atoms with Crippen molar-refractivity contribution in [2.75, 3.05) is 46.9 Å². The van der Waals surface area contributed by atoms with Crippen LogP contribution in [-0.2, 0) is 5.41 Å². The second-order valence-corrected chi connectivity index (χ2v) is 7.76. The van der Waals surface area contributed by atoms with Crippen molar-refractivity contribution in [3.8, 4) is 5.75 Å². The minimum atomic E-state index is -4.19. The number of rotatable bonds is 5. The highest BCUT2D eigenvalue weighted by Crippen LogP contribution is 2.27. The summed E-state index contributed by atoms with van der Waals surface area (Å²) >= 11 is 0. The Morgan fingerprint density at radius 2 is 1.86 bits per heavy atom. The molecule has 158 valence electrons. The first-order valence-corrected chi connectivity index (χ1v) is 9.49. The Balaban J connectivity index is 1.94. The van der Waals surface area contributed by atoms with E-state index in [1.807, 2.05) is 23.1 Å². The second-order valence-electron chi connectivity index (χ2n) is 7.76. The summed E-state index contributed by atoms with van der Waals surface area (Å²) in [5.74, 6) is 1.53. The Morgan fingerprint density at radius 1 is 1.21 bits per heavy atom. The lowest BCUT2D eigenvalue weighted by molar-refractivity contribution is -0.181. The van der Waals surface area contributed by atoms with E-state index in [1.165, 1.54) is 11.8 Å². The number of nitrogens with zero attached hydrogens (tertiary/aromatic N) is 3. The van der Waals surface area contributed by atoms with Crippen molar-refractivity contribution in [2.45, 2.75) is 38.4 Å². The third-order valence-electron chi connectivity index (χ3n) is 5.39. The summed E-state index contributed by atoms with van der Waals surface area (Å²) in [6.07, 6.45) is -4.19. The number of hydrogen-bond donors (Lipinski definition) is 1. The average molecular weight is 400 g/mol. The Hall–Kier alpha value is -1.96. The summed E-state index contributed by atoms with van der Waals surface area (Å²) in [6.45, 7) is 7.88. The van der Waals surface area contributed by atoms with Crippen molar-refractivity contribution >= 4 is 5.96 Å². The van der Waals surface area contributed by atoms with E-state index in [1.54, 1.807) is 14.2 Å². The van der Waals surface area contributed by atoms with E-state index in [2.05, 4.69) is 30.2 Å². The van der Waals surface area contributed by atoms with Gasteiger partial charge in [-0.1, -0.05) is 26.0 Å². The van der Waals surface area contributed by atoms with Crippen LogP contribution in [0.15, 0.2) is 29.3 Å². The van der Waals surface area contributed by atoms with E-state index in [4.69, 9.17) is 4.74 Å². The summed E-state index contributed by atoms with van der Waals surface area (Å²) in [6, 6.07) is 6.53. The zero-order chi connectivity index (χ0) is 20.9. The van der Waals surface area contributed by atoms with Crippen LogP contribution in [0.2, 0.25) is 0 Å². The lowest BCUT2D eigenvalue weighted by Crippen LogP contribution is -2.57. The molecular weight excluding hydrogens is 369 g/mol. The van der Waals surface area contributed by atoms with Gasteiger partial charge in [-0.25, -0.2) is 0 Å². The van der Waals surface area contributed by atoms with Crippen LogP contribution in [0.5, 0.6) is 5.75 Å². The standard InChI is InChI=1S/C20H31F3N4O/c1-15(20(21,22)23)26-9-11-27(12-10-26)18(24-4)25-14-19(2,3)16-7-6-8-17(13-16)28-5/h6-8,13,15H,9-12,14H2,1-5H3,(H,24,25). The van der Waals surface area contributed by atoms with Gasteiger partial charge >= 0.3 is 6.18 Å². The second kappa shape index (κ2) is 9.03. The quantitative estimate of drug-likeness (QED) is 0.609. The molecule has 1 aliphatic heterocycles. The molecule has 1 saturated heterocycles. The normalized spacial score (nSPS) is 18.1. The molecule has 1 atom stereocenters. The fraction of sp³-hybridized carbons (Fsp3) is 0.650. The Labute approximate surface area is 165 Å². The van der Waals surface area contributed by atoms with Crippen LogP contribution in [-0.4, -0.2) is 74.9 Å². The van der Waals surface area contributed by atoms with Gasteiger partial charge < -0.3 is 15.0 Å². The van der Waals surface area contributed by atoms with Crippen LogP contribution in [0, 0.1) is 0 Å². The first kappa shape index (κ1) is 22.3. The topological polar surface area (TPSA) is 40.1 Å². The Bertz CT molecular complexity index is 668. The third-order valence-corrected chi connectivity index (χ3v) is 5.39. The van der Waals surface area contributed by atoms with Gasteiger partial charge in [0.05, 0.1) is 7.11 Å². The van der Waals surface area contributed by atoms with E-state index in [0.717, 1.165) is 17.3 Å². The molecule has 28 heavy (non-hydrogen) atoms. The molecule has 8 heteroatoms. The summed E-state index contributed by atoms with van der Waals surface area (Å²) in [5.41, 5.74) is 0.968. The summed E-state index contributed by atoms with van der Waals surface area (Å²) < 4.78 is 44.1. The van der Waals surface area contributed by atoms with Crippen molar-refractivity contribution in [3.05, 3.63) is 29.8 Å². The largest absolute Gasteiger partial charge is 0.497 e. The number of halogens is 3. The first-order chi connectivity index (χ1) is 13.1. The van der Waals surface area contributed by atoms with Crippen molar-refractivity contribution in [1.29, 1.82) is 0 Å². The lowest BCUT2D eigenvalue weighted by Gasteiger charge is -2.40. The maximum absolute atomic E-state index is 12.9. The van der Waals surface area contributed by atoms with E-state index >= 15 is 0 Å². The molecular formula is C20H31F3N4O. The van der Waals surface area contributed by atoms with Gasteiger partial charge in [0.2, 0.25) is 0 Å². The number of guanidine groups is 1. The van der Waals surface area contributed by atoms with Crippen LogP contribution in [0.1, 0.15) is 26.3 Å². The zero-order valence-corrected chi connectivity index (χ0v) is 17.3. The predicted octanol–water partition coefficient (Wildman–Crippen LogP) is 3.12. The number of benzene rings is 1. The number of aliphatic imine (C=N–C) groups is 1. The number of hydrogen-bond acceptors (Lipinski definition) is 3. The van der Waals surface area contributed by atoms with Crippen LogP contribution in [0.3, 0.4) is 0 Å². The van der Waals surface area contributed by atoms with Gasteiger partial charge in [0, 0.05) is 45.2 Å². The van der Waals surface area contributed by atoms with Gasteiger partial charge in [-0.2, -0.15) is 13.2 Å². The molecule has 0 aromatic heterocycles. The Kier molecular flexibility index (Phi) is 7.20. The van der Waals surface area contributed by atoms with Gasteiger partial charge in [0.25, 0.3) is 0 Å². The molecule has 0 amide bonds.